The molecule has 1 heterocycles. The van der Waals surface area contributed by atoms with Crippen LogP contribution in [0.2, 0.25) is 0 Å². The van der Waals surface area contributed by atoms with Crippen molar-refractivity contribution in [1.82, 2.24) is 10.4 Å². The first kappa shape index (κ1) is 23.6. The van der Waals surface area contributed by atoms with Crippen molar-refractivity contribution in [2.24, 2.45) is 5.10 Å². The summed E-state index contributed by atoms with van der Waals surface area (Å²) in [5, 5.41) is 16.1. The van der Waals surface area contributed by atoms with Gasteiger partial charge in [-0.1, -0.05) is 54.5 Å². The number of nitrogens with zero attached hydrogens (tertiary/aromatic N) is 3. The summed E-state index contributed by atoms with van der Waals surface area (Å²) in [5.74, 6) is 1.84. The van der Waals surface area contributed by atoms with Gasteiger partial charge in [0.25, 0.3) is 5.91 Å². The summed E-state index contributed by atoms with van der Waals surface area (Å²) in [6.07, 6.45) is 6.48. The van der Waals surface area contributed by atoms with Gasteiger partial charge in [-0.05, 0) is 34.1 Å². The Morgan fingerprint density at radius 2 is 1.91 bits per heavy atom. The zero-order valence-electron chi connectivity index (χ0n) is 18.1. The number of hydrazone groups is 1. The van der Waals surface area contributed by atoms with E-state index in [1.807, 2.05) is 54.6 Å². The number of benzene rings is 3. The second-order valence-corrected chi connectivity index (χ2v) is 8.09. The van der Waals surface area contributed by atoms with Crippen molar-refractivity contribution < 1.29 is 14.5 Å². The zero-order valence-corrected chi connectivity index (χ0v) is 19.7. The minimum Gasteiger partial charge on any atom is -0.473 e. The highest BCUT2D eigenvalue weighted by molar-refractivity contribution is 9.10. The van der Waals surface area contributed by atoms with Gasteiger partial charge in [0.1, 0.15) is 6.61 Å². The Balaban J connectivity index is 1.63. The number of rotatable bonds is 7. The van der Waals surface area contributed by atoms with Crippen LogP contribution in [0.25, 0.3) is 22.2 Å². The number of aromatic nitrogens is 1. The maximum Gasteiger partial charge on any atom is 0.312 e. The van der Waals surface area contributed by atoms with Crippen LogP contribution < -0.4 is 10.2 Å². The molecule has 3 aromatic carbocycles. The topological polar surface area (TPSA) is 107 Å². The van der Waals surface area contributed by atoms with E-state index in [1.165, 1.54) is 12.3 Å². The molecule has 0 fully saturated rings. The van der Waals surface area contributed by atoms with Gasteiger partial charge in [-0.25, -0.2) is 10.4 Å². The second kappa shape index (κ2) is 10.6. The number of halogens is 1. The van der Waals surface area contributed by atoms with Crippen molar-refractivity contribution in [3.05, 3.63) is 98.5 Å². The van der Waals surface area contributed by atoms with E-state index >= 15 is 0 Å². The van der Waals surface area contributed by atoms with E-state index in [9.17, 15) is 14.9 Å². The number of nitrogens with one attached hydrogen (secondary N) is 1. The van der Waals surface area contributed by atoms with Crippen LogP contribution >= 0.6 is 15.9 Å². The molecule has 9 heteroatoms. The number of fused-ring (bicyclic) bond motifs is 1. The minimum atomic E-state index is -0.583. The largest absolute Gasteiger partial charge is 0.473 e. The predicted octanol–water partition coefficient (Wildman–Crippen LogP) is 5.35. The summed E-state index contributed by atoms with van der Waals surface area (Å²) in [6, 6.07) is 21.4. The molecule has 8 nitrogen and oxygen atoms in total. The van der Waals surface area contributed by atoms with Crippen molar-refractivity contribution >= 4 is 44.6 Å². The van der Waals surface area contributed by atoms with E-state index in [-0.39, 0.29) is 18.0 Å². The van der Waals surface area contributed by atoms with Gasteiger partial charge in [0.05, 0.1) is 32.4 Å². The van der Waals surface area contributed by atoms with Crippen molar-refractivity contribution in [3.8, 4) is 29.4 Å². The molecule has 1 N–H and O–H groups in total. The molecule has 0 unspecified atom stereocenters. The van der Waals surface area contributed by atoms with Gasteiger partial charge in [-0.2, -0.15) is 5.10 Å². The number of nitro groups is 1. The lowest BCUT2D eigenvalue weighted by Crippen LogP contribution is -2.18. The normalized spacial score (nSPS) is 10.7. The van der Waals surface area contributed by atoms with Crippen molar-refractivity contribution in [2.45, 2.75) is 0 Å². The van der Waals surface area contributed by atoms with Crippen molar-refractivity contribution in [3.63, 3.8) is 0 Å². The molecule has 0 radical (unpaired) electrons. The molecule has 0 saturated heterocycles. The average Bonchev–Trinajstić information content (AvgIpc) is 2.87. The van der Waals surface area contributed by atoms with Gasteiger partial charge in [0, 0.05) is 22.6 Å². The second-order valence-electron chi connectivity index (χ2n) is 7.24. The number of hydrogen-bond acceptors (Lipinski definition) is 6. The molecule has 0 atom stereocenters. The standard InChI is InChI=1S/C26H17BrN4O4/c1-2-12-35-25-21(27)13-17(14-24(25)31(33)34)16-28-30-26(32)20-15-23(18-8-4-3-5-9-18)29-22-11-7-6-10-19(20)22/h1,3-11,13-16H,12H2,(H,30,32)/b28-16-. The van der Waals surface area contributed by atoms with Gasteiger partial charge < -0.3 is 4.74 Å². The van der Waals surface area contributed by atoms with Crippen LogP contribution in [0.15, 0.2) is 82.4 Å². The van der Waals surface area contributed by atoms with Crippen LogP contribution in [0.5, 0.6) is 5.75 Å². The molecule has 0 bridgehead atoms. The van der Waals surface area contributed by atoms with E-state index in [1.54, 1.807) is 12.1 Å². The molecule has 35 heavy (non-hydrogen) atoms. The molecular formula is C26H17BrN4O4. The molecule has 0 saturated carbocycles. The molecule has 172 valence electrons. The lowest BCUT2D eigenvalue weighted by atomic mass is 10.0. The third kappa shape index (κ3) is 5.34. The van der Waals surface area contributed by atoms with Crippen LogP contribution in [0, 0.1) is 22.5 Å². The number of para-hydroxylation sites is 1. The first-order valence-corrected chi connectivity index (χ1v) is 11.1. The Labute approximate surface area is 208 Å². The van der Waals surface area contributed by atoms with E-state index in [0.29, 0.717) is 32.2 Å². The van der Waals surface area contributed by atoms with Crippen LogP contribution in [-0.2, 0) is 0 Å². The van der Waals surface area contributed by atoms with Crippen molar-refractivity contribution in [2.75, 3.05) is 6.61 Å². The van der Waals surface area contributed by atoms with Gasteiger partial charge in [0.2, 0.25) is 5.75 Å². The van der Waals surface area contributed by atoms with Crippen LogP contribution in [0.4, 0.5) is 5.69 Å². The lowest BCUT2D eigenvalue weighted by molar-refractivity contribution is -0.385. The Bertz CT molecular complexity index is 1500. The highest BCUT2D eigenvalue weighted by Crippen LogP contribution is 2.36. The highest BCUT2D eigenvalue weighted by Gasteiger charge is 2.20. The summed E-state index contributed by atoms with van der Waals surface area (Å²) in [5.41, 5.74) is 5.19. The smallest absolute Gasteiger partial charge is 0.312 e. The quantitative estimate of drug-likeness (QED) is 0.150. The molecule has 4 rings (SSSR count). The van der Waals surface area contributed by atoms with Crippen LogP contribution in [0.3, 0.4) is 0 Å². The van der Waals surface area contributed by atoms with Gasteiger partial charge in [-0.15, -0.1) is 6.42 Å². The maximum atomic E-state index is 13.0. The molecule has 0 aliphatic carbocycles. The number of pyridine rings is 1. The Kier molecular flexibility index (Phi) is 7.14. The number of amides is 1. The highest BCUT2D eigenvalue weighted by atomic mass is 79.9. The van der Waals surface area contributed by atoms with Crippen molar-refractivity contribution in [1.29, 1.82) is 0 Å². The molecule has 1 aromatic heterocycles. The fraction of sp³-hybridized carbons (Fsp3) is 0.0385. The molecule has 1 amide bonds. The molecule has 0 aliphatic heterocycles. The zero-order chi connectivity index (χ0) is 24.8. The first-order chi connectivity index (χ1) is 17.0. The minimum absolute atomic E-state index is 0.0193. The SMILES string of the molecule is C#CCOc1c(Br)cc(/C=N\NC(=O)c2cc(-c3ccccc3)nc3ccccc23)cc1[N+](=O)[O-]. The fourth-order valence-electron chi connectivity index (χ4n) is 3.41. The van der Waals surface area contributed by atoms with E-state index in [4.69, 9.17) is 11.2 Å². The summed E-state index contributed by atoms with van der Waals surface area (Å²) in [6.45, 7) is -0.117. The predicted molar refractivity (Wildman–Crippen MR) is 137 cm³/mol. The number of carbonyl (C=O) groups is 1. The summed E-state index contributed by atoms with van der Waals surface area (Å²) < 4.78 is 5.61. The van der Waals surface area contributed by atoms with E-state index in [2.05, 4.69) is 37.4 Å². The third-order valence-electron chi connectivity index (χ3n) is 4.95. The van der Waals surface area contributed by atoms with Gasteiger partial charge in [0.15, 0.2) is 0 Å². The monoisotopic (exact) mass is 528 g/mol. The lowest BCUT2D eigenvalue weighted by Gasteiger charge is -2.09. The molecular weight excluding hydrogens is 512 g/mol. The van der Waals surface area contributed by atoms with Gasteiger partial charge in [-0.3, -0.25) is 14.9 Å². The number of carbonyl (C=O) groups excluding carboxylic acids is 1. The number of terminal acetylenes is 1. The Morgan fingerprint density at radius 1 is 1.17 bits per heavy atom. The summed E-state index contributed by atoms with van der Waals surface area (Å²) >= 11 is 3.26. The third-order valence-corrected chi connectivity index (χ3v) is 5.54. The van der Waals surface area contributed by atoms with Crippen LogP contribution in [-0.4, -0.2) is 28.6 Å². The number of hydrogen-bond donors (Lipinski definition) is 1. The number of ether oxygens (including phenoxy) is 1. The maximum absolute atomic E-state index is 13.0. The molecule has 0 spiro atoms. The van der Waals surface area contributed by atoms with E-state index in [0.717, 1.165) is 5.56 Å². The van der Waals surface area contributed by atoms with Crippen LogP contribution in [0.1, 0.15) is 15.9 Å². The fourth-order valence-corrected chi connectivity index (χ4v) is 3.99. The Hall–Kier alpha value is -4.55. The van der Waals surface area contributed by atoms with Gasteiger partial charge >= 0.3 is 5.69 Å². The summed E-state index contributed by atoms with van der Waals surface area (Å²) in [4.78, 5) is 28.6. The Morgan fingerprint density at radius 3 is 2.66 bits per heavy atom. The first-order valence-electron chi connectivity index (χ1n) is 10.3. The van der Waals surface area contributed by atoms with E-state index < -0.39 is 10.8 Å². The molecule has 4 aromatic rings. The number of nitro benzene ring substituents is 1. The average molecular weight is 529 g/mol. The molecule has 0 aliphatic rings. The summed E-state index contributed by atoms with van der Waals surface area (Å²) in [7, 11) is 0.